The Balaban J connectivity index is 3.60. The summed E-state index contributed by atoms with van der Waals surface area (Å²) in [4.78, 5) is 14.1. The molecule has 0 bridgehead atoms. The summed E-state index contributed by atoms with van der Waals surface area (Å²) in [7, 11) is 0. The lowest BCUT2D eigenvalue weighted by molar-refractivity contribution is 0.0691. The van der Waals surface area contributed by atoms with Crippen molar-refractivity contribution in [3.05, 3.63) is 41.5 Å². The highest BCUT2D eigenvalue weighted by Gasteiger charge is 2.21. The summed E-state index contributed by atoms with van der Waals surface area (Å²) in [6, 6.07) is 0.637. The van der Waals surface area contributed by atoms with Crippen LogP contribution >= 0.6 is 0 Å². The fraction of sp³-hybridized carbons (Fsp3) is 0.0909. The van der Waals surface area contributed by atoms with E-state index < -0.39 is 46.1 Å². The molecule has 1 aromatic heterocycles. The number of nitrogen functional groups attached to an aromatic ring is 1. The number of aromatic nitrogens is 1. The summed E-state index contributed by atoms with van der Waals surface area (Å²) in [5.41, 5.74) is 2.50. The van der Waals surface area contributed by atoms with Gasteiger partial charge in [0.15, 0.2) is 11.5 Å². The first-order valence-corrected chi connectivity index (χ1v) is 4.66. The zero-order valence-electron chi connectivity index (χ0n) is 9.30. The van der Waals surface area contributed by atoms with Crippen LogP contribution in [-0.4, -0.2) is 16.1 Å². The predicted octanol–water partition coefficient (Wildman–Crippen LogP) is 2.68. The highest BCUT2D eigenvalue weighted by molar-refractivity contribution is 5.92. The van der Waals surface area contributed by atoms with Crippen molar-refractivity contribution in [2.24, 2.45) is 0 Å². The molecule has 0 amide bonds. The Bertz CT molecular complexity index is 564. The summed E-state index contributed by atoms with van der Waals surface area (Å²) >= 11 is 0. The normalized spacial score (nSPS) is 12.0. The van der Waals surface area contributed by atoms with Gasteiger partial charge in [0, 0.05) is 6.07 Å². The number of carboxylic acids is 1. The molecule has 96 valence electrons. The van der Waals surface area contributed by atoms with Crippen LogP contribution in [0.4, 0.5) is 18.9 Å². The summed E-state index contributed by atoms with van der Waals surface area (Å²) in [6.07, 6.45) is 0. The Hall–Kier alpha value is -2.31. The Morgan fingerprint density at radius 3 is 2.39 bits per heavy atom. The van der Waals surface area contributed by atoms with Crippen LogP contribution < -0.4 is 5.73 Å². The minimum atomic E-state index is -1.53. The van der Waals surface area contributed by atoms with Gasteiger partial charge in [-0.15, -0.1) is 0 Å². The third-order valence-electron chi connectivity index (χ3n) is 2.06. The van der Waals surface area contributed by atoms with Crippen molar-refractivity contribution in [2.75, 3.05) is 5.73 Å². The Morgan fingerprint density at radius 2 is 2.00 bits per heavy atom. The Morgan fingerprint density at radius 1 is 1.44 bits per heavy atom. The number of carboxylic acid groups (broad SMARTS) is 1. The lowest BCUT2D eigenvalue weighted by Gasteiger charge is -2.08. The zero-order valence-corrected chi connectivity index (χ0v) is 9.30. The molecule has 0 radical (unpaired) electrons. The summed E-state index contributed by atoms with van der Waals surface area (Å²) < 4.78 is 39.7. The maximum atomic E-state index is 13.5. The molecule has 0 aliphatic heterocycles. The number of aromatic carboxylic acids is 1. The molecule has 1 rings (SSSR count). The molecule has 0 atom stereocenters. The summed E-state index contributed by atoms with van der Waals surface area (Å²) in [5, 5.41) is 8.75. The lowest BCUT2D eigenvalue weighted by atomic mass is 10.1. The van der Waals surface area contributed by atoms with E-state index in [1.165, 1.54) is 0 Å². The number of nitrogens with two attached hydrogens (primary N) is 1. The molecule has 0 spiro atoms. The van der Waals surface area contributed by atoms with E-state index in [2.05, 4.69) is 11.6 Å². The second kappa shape index (κ2) is 4.91. The molecule has 3 N–H and O–H groups in total. The Labute approximate surface area is 100 Å². The topological polar surface area (TPSA) is 76.2 Å². The van der Waals surface area contributed by atoms with Crippen molar-refractivity contribution in [3.63, 3.8) is 0 Å². The standard InChI is InChI=1S/C11H9F3N2O2/c1-4(12)8(5(2)13)9-6(14)3-7(15)10(16-9)11(17)18/h3H,1,15H2,2H3,(H,17,18)/b8-5-. The Kier molecular flexibility index (Phi) is 3.75. The van der Waals surface area contributed by atoms with Gasteiger partial charge in [-0.25, -0.2) is 22.9 Å². The number of rotatable bonds is 3. The van der Waals surface area contributed by atoms with E-state index in [-0.39, 0.29) is 0 Å². The molecular formula is C11H9F3N2O2. The molecule has 18 heavy (non-hydrogen) atoms. The first-order valence-electron chi connectivity index (χ1n) is 4.66. The first-order chi connectivity index (χ1) is 8.25. The summed E-state index contributed by atoms with van der Waals surface area (Å²) in [6.45, 7) is 3.71. The molecule has 0 unspecified atom stereocenters. The lowest BCUT2D eigenvalue weighted by Crippen LogP contribution is -2.10. The van der Waals surface area contributed by atoms with Gasteiger partial charge in [0.25, 0.3) is 0 Å². The molecule has 0 aliphatic carbocycles. The number of halogens is 3. The van der Waals surface area contributed by atoms with E-state index in [9.17, 15) is 18.0 Å². The molecule has 0 saturated carbocycles. The number of nitrogens with zero attached hydrogens (tertiary/aromatic N) is 1. The summed E-state index contributed by atoms with van der Waals surface area (Å²) in [5.74, 6) is -5.00. The number of hydrogen-bond donors (Lipinski definition) is 2. The van der Waals surface area contributed by atoms with Crippen molar-refractivity contribution >= 4 is 17.2 Å². The van der Waals surface area contributed by atoms with Gasteiger partial charge < -0.3 is 10.8 Å². The molecule has 1 aromatic rings. The van der Waals surface area contributed by atoms with E-state index in [0.717, 1.165) is 6.92 Å². The first kappa shape index (κ1) is 13.8. The quantitative estimate of drug-likeness (QED) is 0.817. The highest BCUT2D eigenvalue weighted by atomic mass is 19.1. The molecule has 0 saturated heterocycles. The smallest absolute Gasteiger partial charge is 0.356 e. The largest absolute Gasteiger partial charge is 0.476 e. The number of anilines is 1. The average molecular weight is 258 g/mol. The molecular weight excluding hydrogens is 249 g/mol. The van der Waals surface area contributed by atoms with E-state index in [0.29, 0.717) is 6.07 Å². The van der Waals surface area contributed by atoms with Gasteiger partial charge >= 0.3 is 5.97 Å². The minimum Gasteiger partial charge on any atom is -0.476 e. The van der Waals surface area contributed by atoms with Crippen molar-refractivity contribution in [2.45, 2.75) is 6.92 Å². The van der Waals surface area contributed by atoms with Gasteiger partial charge in [-0.3, -0.25) is 0 Å². The fourth-order valence-corrected chi connectivity index (χ4v) is 1.33. The van der Waals surface area contributed by atoms with Crippen molar-refractivity contribution in [1.82, 2.24) is 4.98 Å². The van der Waals surface area contributed by atoms with Gasteiger partial charge in [0.05, 0.1) is 11.3 Å². The second-order valence-corrected chi connectivity index (χ2v) is 3.38. The molecule has 1 heterocycles. The molecule has 0 fully saturated rings. The minimum absolute atomic E-state index is 0.441. The van der Waals surface area contributed by atoms with Crippen LogP contribution in [0.15, 0.2) is 24.3 Å². The predicted molar refractivity (Wildman–Crippen MR) is 59.5 cm³/mol. The SMILES string of the molecule is C=C(F)/C(=C(\C)F)c1nc(C(=O)O)c(N)cc1F. The molecule has 0 aliphatic rings. The van der Waals surface area contributed by atoms with E-state index >= 15 is 0 Å². The maximum absolute atomic E-state index is 13.5. The second-order valence-electron chi connectivity index (χ2n) is 3.38. The van der Waals surface area contributed by atoms with Gasteiger partial charge in [0.1, 0.15) is 17.3 Å². The number of pyridine rings is 1. The van der Waals surface area contributed by atoms with Crippen LogP contribution in [0.3, 0.4) is 0 Å². The van der Waals surface area contributed by atoms with Crippen LogP contribution in [0.5, 0.6) is 0 Å². The van der Waals surface area contributed by atoms with Crippen molar-refractivity contribution in [3.8, 4) is 0 Å². The van der Waals surface area contributed by atoms with E-state index in [1.54, 1.807) is 0 Å². The van der Waals surface area contributed by atoms with Gasteiger partial charge in [0.2, 0.25) is 0 Å². The third-order valence-corrected chi connectivity index (χ3v) is 2.06. The average Bonchev–Trinajstić information content (AvgIpc) is 2.19. The molecule has 7 heteroatoms. The van der Waals surface area contributed by atoms with Crippen LogP contribution in [0.1, 0.15) is 23.1 Å². The highest BCUT2D eigenvalue weighted by Crippen LogP contribution is 2.29. The third kappa shape index (κ3) is 2.50. The molecule has 0 aromatic carbocycles. The van der Waals surface area contributed by atoms with Crippen LogP contribution in [0, 0.1) is 5.82 Å². The van der Waals surface area contributed by atoms with Crippen LogP contribution in [0.2, 0.25) is 0 Å². The van der Waals surface area contributed by atoms with Crippen molar-refractivity contribution < 1.29 is 23.1 Å². The van der Waals surface area contributed by atoms with Gasteiger partial charge in [-0.05, 0) is 6.92 Å². The number of hydrogen-bond acceptors (Lipinski definition) is 3. The molecule has 4 nitrogen and oxygen atoms in total. The van der Waals surface area contributed by atoms with Gasteiger partial charge in [-0.2, -0.15) is 0 Å². The van der Waals surface area contributed by atoms with Crippen LogP contribution in [-0.2, 0) is 0 Å². The van der Waals surface area contributed by atoms with E-state index in [1.807, 2.05) is 0 Å². The monoisotopic (exact) mass is 258 g/mol. The van der Waals surface area contributed by atoms with Gasteiger partial charge in [-0.1, -0.05) is 6.58 Å². The van der Waals surface area contributed by atoms with Crippen molar-refractivity contribution in [1.29, 1.82) is 0 Å². The fourth-order valence-electron chi connectivity index (χ4n) is 1.33. The number of carbonyl (C=O) groups is 1. The number of allylic oxidation sites excluding steroid dienone is 3. The maximum Gasteiger partial charge on any atom is 0.356 e. The van der Waals surface area contributed by atoms with E-state index in [4.69, 9.17) is 10.8 Å². The van der Waals surface area contributed by atoms with Crippen LogP contribution in [0.25, 0.3) is 5.57 Å². The zero-order chi connectivity index (χ0) is 14.0.